The number of aromatic amines is 1. The minimum absolute atomic E-state index is 1.11. The zero-order valence-corrected chi connectivity index (χ0v) is 19.6. The van der Waals surface area contributed by atoms with Gasteiger partial charge in [0.1, 0.15) is 5.82 Å². The molecule has 2 heteroatoms. The molecule has 0 aliphatic heterocycles. The molecule has 0 atom stereocenters. The molecule has 0 radical (unpaired) electrons. The van der Waals surface area contributed by atoms with Crippen LogP contribution in [0.25, 0.3) is 0 Å². The number of nitrogens with zero attached hydrogens (tertiary/aromatic N) is 1. The van der Waals surface area contributed by atoms with Crippen LogP contribution in [0.5, 0.6) is 0 Å². The van der Waals surface area contributed by atoms with E-state index in [4.69, 9.17) is 4.98 Å². The molecule has 0 saturated carbocycles. The molecule has 0 bridgehead atoms. The van der Waals surface area contributed by atoms with Crippen molar-refractivity contribution in [1.29, 1.82) is 0 Å². The van der Waals surface area contributed by atoms with E-state index in [9.17, 15) is 0 Å². The summed E-state index contributed by atoms with van der Waals surface area (Å²) in [6.45, 7) is 6.70. The Morgan fingerprint density at radius 2 is 0.929 bits per heavy atom. The highest BCUT2D eigenvalue weighted by atomic mass is 14.9. The van der Waals surface area contributed by atoms with Crippen LogP contribution in [0.2, 0.25) is 0 Å². The molecule has 0 unspecified atom stereocenters. The summed E-state index contributed by atoms with van der Waals surface area (Å²) in [5.74, 6) is 1.11. The van der Waals surface area contributed by atoms with E-state index in [0.717, 1.165) is 5.82 Å². The predicted molar refractivity (Wildman–Crippen MR) is 125 cm³/mol. The zero-order chi connectivity index (χ0) is 20.3. The Morgan fingerprint density at radius 3 is 1.39 bits per heavy atom. The van der Waals surface area contributed by atoms with Crippen LogP contribution in [0.3, 0.4) is 0 Å². The normalized spacial score (nSPS) is 11.4. The van der Waals surface area contributed by atoms with Crippen LogP contribution < -0.4 is 0 Å². The van der Waals surface area contributed by atoms with Crippen LogP contribution in [0.15, 0.2) is 0 Å². The molecule has 1 aromatic heterocycles. The number of aryl methyl sites for hydroxylation is 3. The second kappa shape index (κ2) is 18.3. The number of hydrogen-bond acceptors (Lipinski definition) is 1. The van der Waals surface area contributed by atoms with Gasteiger partial charge in [0.15, 0.2) is 0 Å². The molecule has 0 saturated heterocycles. The lowest BCUT2D eigenvalue weighted by molar-refractivity contribution is 0.559. The average molecular weight is 391 g/mol. The Morgan fingerprint density at radius 1 is 0.536 bits per heavy atom. The van der Waals surface area contributed by atoms with Gasteiger partial charge in [-0.05, 0) is 32.6 Å². The highest BCUT2D eigenvalue weighted by molar-refractivity contribution is 5.14. The van der Waals surface area contributed by atoms with Crippen molar-refractivity contribution in [3.05, 3.63) is 17.2 Å². The molecular weight excluding hydrogens is 340 g/mol. The van der Waals surface area contributed by atoms with Crippen LogP contribution in [-0.2, 0) is 12.8 Å². The van der Waals surface area contributed by atoms with Gasteiger partial charge in [-0.25, -0.2) is 4.98 Å². The van der Waals surface area contributed by atoms with Crippen molar-refractivity contribution in [2.24, 2.45) is 0 Å². The molecule has 1 N–H and O–H groups in total. The number of imidazole rings is 1. The molecule has 0 aliphatic rings. The van der Waals surface area contributed by atoms with Crippen molar-refractivity contribution in [2.45, 2.75) is 149 Å². The maximum atomic E-state index is 4.78. The Labute approximate surface area is 176 Å². The Kier molecular flexibility index (Phi) is 16.5. The van der Waals surface area contributed by atoms with Crippen LogP contribution in [0.1, 0.15) is 147 Å². The van der Waals surface area contributed by atoms with Crippen LogP contribution in [0, 0.1) is 6.92 Å². The van der Waals surface area contributed by atoms with Gasteiger partial charge < -0.3 is 4.98 Å². The summed E-state index contributed by atoms with van der Waals surface area (Å²) in [5, 5.41) is 0. The molecule has 1 heterocycles. The third kappa shape index (κ3) is 13.4. The van der Waals surface area contributed by atoms with E-state index in [2.05, 4.69) is 25.8 Å². The lowest BCUT2D eigenvalue weighted by Crippen LogP contribution is -1.95. The highest BCUT2D eigenvalue weighted by Crippen LogP contribution is 2.16. The van der Waals surface area contributed by atoms with Gasteiger partial charge in [0.25, 0.3) is 0 Å². The van der Waals surface area contributed by atoms with Gasteiger partial charge in [-0.1, -0.05) is 117 Å². The summed E-state index contributed by atoms with van der Waals surface area (Å²) >= 11 is 0. The lowest BCUT2D eigenvalue weighted by Gasteiger charge is -2.05. The molecule has 28 heavy (non-hydrogen) atoms. The second-order valence-electron chi connectivity index (χ2n) is 8.90. The summed E-state index contributed by atoms with van der Waals surface area (Å²) < 4.78 is 0. The number of rotatable bonds is 20. The van der Waals surface area contributed by atoms with Gasteiger partial charge in [-0.3, -0.25) is 0 Å². The fourth-order valence-corrected chi connectivity index (χ4v) is 4.22. The Bertz CT molecular complexity index is 410. The summed E-state index contributed by atoms with van der Waals surface area (Å²) in [5.41, 5.74) is 2.79. The van der Waals surface area contributed by atoms with E-state index < -0.39 is 0 Å². The Balaban J connectivity index is 2.05. The number of aromatic nitrogens is 2. The highest BCUT2D eigenvalue weighted by Gasteiger charge is 2.08. The largest absolute Gasteiger partial charge is 0.346 e. The Hall–Kier alpha value is -0.790. The third-order valence-corrected chi connectivity index (χ3v) is 6.03. The third-order valence-electron chi connectivity index (χ3n) is 6.03. The molecule has 0 aliphatic carbocycles. The minimum Gasteiger partial charge on any atom is -0.346 e. The molecule has 0 aromatic carbocycles. The lowest BCUT2D eigenvalue weighted by atomic mass is 10.0. The van der Waals surface area contributed by atoms with Crippen molar-refractivity contribution in [1.82, 2.24) is 9.97 Å². The number of unbranched alkanes of at least 4 members (excludes halogenated alkanes) is 16. The number of H-pyrrole nitrogens is 1. The first-order chi connectivity index (χ1) is 13.8. The summed E-state index contributed by atoms with van der Waals surface area (Å²) in [6.07, 6.45) is 27.6. The smallest absolute Gasteiger partial charge is 0.103 e. The molecule has 164 valence electrons. The maximum Gasteiger partial charge on any atom is 0.103 e. The molecule has 2 nitrogen and oxygen atoms in total. The second-order valence-corrected chi connectivity index (χ2v) is 8.90. The average Bonchev–Trinajstić information content (AvgIpc) is 3.04. The molecular formula is C26H50N2. The molecule has 0 spiro atoms. The van der Waals surface area contributed by atoms with Crippen molar-refractivity contribution >= 4 is 0 Å². The van der Waals surface area contributed by atoms with E-state index >= 15 is 0 Å². The predicted octanol–water partition coefficient (Wildman–Crippen LogP) is 8.86. The fraction of sp³-hybridized carbons (Fsp3) is 0.885. The number of hydrogen-bond donors (Lipinski definition) is 1. The monoisotopic (exact) mass is 390 g/mol. The van der Waals surface area contributed by atoms with Gasteiger partial charge in [0, 0.05) is 5.69 Å². The first-order valence-corrected chi connectivity index (χ1v) is 12.8. The molecule has 1 aromatic rings. The van der Waals surface area contributed by atoms with Crippen molar-refractivity contribution in [3.8, 4) is 0 Å². The summed E-state index contributed by atoms with van der Waals surface area (Å²) in [6, 6.07) is 0. The van der Waals surface area contributed by atoms with E-state index in [1.165, 1.54) is 140 Å². The SMILES string of the molecule is CCCCCCCCCCCc1nc(C)[nH]c1CCCCCCCCCCC. The van der Waals surface area contributed by atoms with E-state index in [1.54, 1.807) is 0 Å². The summed E-state index contributed by atoms with van der Waals surface area (Å²) in [4.78, 5) is 8.32. The standard InChI is InChI=1S/C26H50N2/c1-4-6-8-10-12-14-16-18-20-22-25-26(28-24(3)27-25)23-21-19-17-15-13-11-9-7-5-2/h4-23H2,1-3H3,(H,27,28). The van der Waals surface area contributed by atoms with Gasteiger partial charge >= 0.3 is 0 Å². The maximum absolute atomic E-state index is 4.78. The van der Waals surface area contributed by atoms with Crippen LogP contribution >= 0.6 is 0 Å². The summed E-state index contributed by atoms with van der Waals surface area (Å²) in [7, 11) is 0. The minimum atomic E-state index is 1.11. The van der Waals surface area contributed by atoms with E-state index in [0.29, 0.717) is 0 Å². The molecule has 0 fully saturated rings. The first-order valence-electron chi connectivity index (χ1n) is 12.8. The van der Waals surface area contributed by atoms with E-state index in [1.807, 2.05) is 0 Å². The zero-order valence-electron chi connectivity index (χ0n) is 19.6. The van der Waals surface area contributed by atoms with Gasteiger partial charge in [0.05, 0.1) is 5.69 Å². The van der Waals surface area contributed by atoms with Crippen LogP contribution in [0.4, 0.5) is 0 Å². The van der Waals surface area contributed by atoms with Crippen molar-refractivity contribution in [2.75, 3.05) is 0 Å². The molecule has 0 amide bonds. The molecule has 1 rings (SSSR count). The van der Waals surface area contributed by atoms with Gasteiger partial charge in [0.2, 0.25) is 0 Å². The quantitative estimate of drug-likeness (QED) is 0.221. The number of nitrogens with one attached hydrogen (secondary N) is 1. The first kappa shape index (κ1) is 25.2. The van der Waals surface area contributed by atoms with Crippen molar-refractivity contribution < 1.29 is 0 Å². The van der Waals surface area contributed by atoms with Crippen molar-refractivity contribution in [3.63, 3.8) is 0 Å². The van der Waals surface area contributed by atoms with E-state index in [-0.39, 0.29) is 0 Å². The van der Waals surface area contributed by atoms with Gasteiger partial charge in [-0.15, -0.1) is 0 Å². The topological polar surface area (TPSA) is 28.7 Å². The van der Waals surface area contributed by atoms with Crippen LogP contribution in [-0.4, -0.2) is 9.97 Å². The van der Waals surface area contributed by atoms with Gasteiger partial charge in [-0.2, -0.15) is 0 Å². The fourth-order valence-electron chi connectivity index (χ4n) is 4.22.